The lowest BCUT2D eigenvalue weighted by atomic mass is 10.2. The van der Waals surface area contributed by atoms with Crippen LogP contribution in [-0.2, 0) is 9.59 Å². The number of nitrogens with zero attached hydrogens (tertiary/aromatic N) is 1. The van der Waals surface area contributed by atoms with Crippen LogP contribution in [0.5, 0.6) is 11.5 Å². The number of hydrogen-bond donors (Lipinski definition) is 1. The molecule has 1 unspecified atom stereocenters. The minimum atomic E-state index is -0.957. The molecular weight excluding hydrogens is 274 g/mol. The van der Waals surface area contributed by atoms with Crippen LogP contribution < -0.4 is 9.47 Å². The van der Waals surface area contributed by atoms with E-state index in [2.05, 4.69) is 0 Å². The van der Waals surface area contributed by atoms with Crippen LogP contribution in [0.3, 0.4) is 0 Å². The lowest BCUT2D eigenvalue weighted by Gasteiger charge is -2.21. The molecule has 1 heterocycles. The van der Waals surface area contributed by atoms with Gasteiger partial charge in [0.15, 0.2) is 6.61 Å². The van der Waals surface area contributed by atoms with Gasteiger partial charge in [-0.25, -0.2) is 4.79 Å². The molecule has 0 spiro atoms. The van der Waals surface area contributed by atoms with Crippen molar-refractivity contribution < 1.29 is 24.2 Å². The Bertz CT molecular complexity index is 499. The first-order valence-corrected chi connectivity index (χ1v) is 6.99. The van der Waals surface area contributed by atoms with Gasteiger partial charge < -0.3 is 19.5 Å². The summed E-state index contributed by atoms with van der Waals surface area (Å²) in [7, 11) is 0. The Kier molecular flexibility index (Phi) is 5.03. The summed E-state index contributed by atoms with van der Waals surface area (Å²) in [4.78, 5) is 24.4. The lowest BCUT2D eigenvalue weighted by molar-refractivity contribution is -0.148. The zero-order valence-electron chi connectivity index (χ0n) is 11.9. The van der Waals surface area contributed by atoms with Crippen molar-refractivity contribution in [2.24, 2.45) is 0 Å². The molecule has 0 bridgehead atoms. The first-order chi connectivity index (χ1) is 10.1. The Morgan fingerprint density at radius 1 is 1.24 bits per heavy atom. The van der Waals surface area contributed by atoms with E-state index in [0.717, 1.165) is 5.75 Å². The summed E-state index contributed by atoms with van der Waals surface area (Å²) in [6.07, 6.45) is 1.22. The van der Waals surface area contributed by atoms with E-state index in [9.17, 15) is 9.59 Å². The highest BCUT2D eigenvalue weighted by molar-refractivity contribution is 5.85. The van der Waals surface area contributed by atoms with Crippen LogP contribution in [0.2, 0.25) is 0 Å². The van der Waals surface area contributed by atoms with Gasteiger partial charge in [0.05, 0.1) is 6.61 Å². The van der Waals surface area contributed by atoms with Gasteiger partial charge in [0, 0.05) is 6.54 Å². The fraction of sp³-hybridized carbons (Fsp3) is 0.467. The molecule has 2 rings (SSSR count). The van der Waals surface area contributed by atoms with Gasteiger partial charge in [0.2, 0.25) is 0 Å². The highest BCUT2D eigenvalue weighted by Crippen LogP contribution is 2.20. The van der Waals surface area contributed by atoms with Crippen molar-refractivity contribution in [2.75, 3.05) is 19.8 Å². The van der Waals surface area contributed by atoms with Gasteiger partial charge in [-0.3, -0.25) is 4.79 Å². The van der Waals surface area contributed by atoms with Gasteiger partial charge in [-0.05, 0) is 44.0 Å². The smallest absolute Gasteiger partial charge is 0.326 e. The molecule has 6 nitrogen and oxygen atoms in total. The number of benzene rings is 1. The van der Waals surface area contributed by atoms with Crippen LogP contribution in [-0.4, -0.2) is 47.7 Å². The Morgan fingerprint density at radius 2 is 1.86 bits per heavy atom. The van der Waals surface area contributed by atoms with E-state index < -0.39 is 12.0 Å². The van der Waals surface area contributed by atoms with Crippen molar-refractivity contribution in [3.05, 3.63) is 24.3 Å². The molecule has 0 radical (unpaired) electrons. The topological polar surface area (TPSA) is 76.1 Å². The third-order valence-corrected chi connectivity index (χ3v) is 3.36. The molecule has 1 fully saturated rings. The number of amides is 1. The minimum absolute atomic E-state index is 0.155. The quantitative estimate of drug-likeness (QED) is 0.861. The van der Waals surface area contributed by atoms with Crippen molar-refractivity contribution in [3.8, 4) is 11.5 Å². The van der Waals surface area contributed by atoms with Crippen molar-refractivity contribution in [1.82, 2.24) is 4.90 Å². The molecule has 0 saturated carbocycles. The number of aliphatic carboxylic acids is 1. The van der Waals surface area contributed by atoms with Crippen LogP contribution in [0.25, 0.3) is 0 Å². The molecule has 1 aromatic carbocycles. The zero-order valence-corrected chi connectivity index (χ0v) is 11.9. The lowest BCUT2D eigenvalue weighted by Crippen LogP contribution is -2.42. The molecule has 1 amide bonds. The third kappa shape index (κ3) is 3.87. The maximum absolute atomic E-state index is 12.0. The van der Waals surface area contributed by atoms with E-state index in [4.69, 9.17) is 14.6 Å². The van der Waals surface area contributed by atoms with Gasteiger partial charge in [-0.1, -0.05) is 0 Å². The Balaban J connectivity index is 1.87. The average molecular weight is 293 g/mol. The van der Waals surface area contributed by atoms with Crippen molar-refractivity contribution in [3.63, 3.8) is 0 Å². The van der Waals surface area contributed by atoms with Crippen LogP contribution in [0.4, 0.5) is 0 Å². The summed E-state index contributed by atoms with van der Waals surface area (Å²) in [6.45, 7) is 2.81. The SMILES string of the molecule is CCOc1ccc(OCC(=O)N2CCCC2C(=O)O)cc1. The fourth-order valence-corrected chi connectivity index (χ4v) is 2.35. The van der Waals surface area contributed by atoms with E-state index in [1.807, 2.05) is 6.92 Å². The maximum atomic E-state index is 12.0. The number of rotatable bonds is 6. The molecule has 1 aromatic rings. The number of carboxylic acids is 1. The summed E-state index contributed by atoms with van der Waals surface area (Å²) in [6, 6.07) is 6.24. The first kappa shape index (κ1) is 15.2. The third-order valence-electron chi connectivity index (χ3n) is 3.36. The van der Waals surface area contributed by atoms with E-state index in [0.29, 0.717) is 31.7 Å². The number of ether oxygens (including phenoxy) is 2. The number of carboxylic acid groups (broad SMARTS) is 1. The van der Waals surface area contributed by atoms with Crippen LogP contribution in [0.15, 0.2) is 24.3 Å². The second-order valence-electron chi connectivity index (χ2n) is 4.78. The van der Waals surface area contributed by atoms with Gasteiger partial charge in [0.25, 0.3) is 5.91 Å². The molecule has 1 N–H and O–H groups in total. The molecule has 1 aliphatic rings. The van der Waals surface area contributed by atoms with Gasteiger partial charge in [0.1, 0.15) is 17.5 Å². The van der Waals surface area contributed by atoms with Gasteiger partial charge >= 0.3 is 5.97 Å². The summed E-state index contributed by atoms with van der Waals surface area (Å²) in [5, 5.41) is 9.05. The fourth-order valence-electron chi connectivity index (χ4n) is 2.35. The number of carbonyl (C=O) groups is 2. The van der Waals surface area contributed by atoms with E-state index in [1.54, 1.807) is 24.3 Å². The Labute approximate surface area is 123 Å². The standard InChI is InChI=1S/C15H19NO5/c1-2-20-11-5-7-12(8-6-11)21-10-14(17)16-9-3-4-13(16)15(18)19/h5-8,13H,2-4,9-10H2,1H3,(H,18,19). The van der Waals surface area contributed by atoms with Crippen LogP contribution >= 0.6 is 0 Å². The monoisotopic (exact) mass is 293 g/mol. The number of likely N-dealkylation sites (tertiary alicyclic amines) is 1. The summed E-state index contributed by atoms with van der Waals surface area (Å²) < 4.78 is 10.7. The molecule has 6 heteroatoms. The van der Waals surface area contributed by atoms with Crippen molar-refractivity contribution in [2.45, 2.75) is 25.8 Å². The average Bonchev–Trinajstić information content (AvgIpc) is 2.96. The highest BCUT2D eigenvalue weighted by Gasteiger charge is 2.33. The second kappa shape index (κ2) is 6.97. The molecule has 1 saturated heterocycles. The summed E-state index contributed by atoms with van der Waals surface area (Å²) in [5.41, 5.74) is 0. The predicted octanol–water partition coefficient (Wildman–Crippen LogP) is 1.54. The Hall–Kier alpha value is -2.24. The van der Waals surface area contributed by atoms with Crippen molar-refractivity contribution >= 4 is 11.9 Å². The minimum Gasteiger partial charge on any atom is -0.494 e. The van der Waals surface area contributed by atoms with E-state index >= 15 is 0 Å². The van der Waals surface area contributed by atoms with Gasteiger partial charge in [-0.15, -0.1) is 0 Å². The van der Waals surface area contributed by atoms with Crippen molar-refractivity contribution in [1.29, 1.82) is 0 Å². The molecule has 21 heavy (non-hydrogen) atoms. The number of carbonyl (C=O) groups excluding carboxylic acids is 1. The summed E-state index contributed by atoms with van der Waals surface area (Å²) >= 11 is 0. The van der Waals surface area contributed by atoms with E-state index in [1.165, 1.54) is 4.90 Å². The molecule has 0 aromatic heterocycles. The molecule has 1 aliphatic heterocycles. The molecule has 1 atom stereocenters. The second-order valence-corrected chi connectivity index (χ2v) is 4.78. The Morgan fingerprint density at radius 3 is 2.43 bits per heavy atom. The maximum Gasteiger partial charge on any atom is 0.326 e. The molecule has 0 aliphatic carbocycles. The van der Waals surface area contributed by atoms with Gasteiger partial charge in [-0.2, -0.15) is 0 Å². The van der Waals surface area contributed by atoms with Crippen LogP contribution in [0, 0.1) is 0 Å². The molecule has 114 valence electrons. The first-order valence-electron chi connectivity index (χ1n) is 6.99. The van der Waals surface area contributed by atoms with E-state index in [-0.39, 0.29) is 12.5 Å². The largest absolute Gasteiger partial charge is 0.494 e. The predicted molar refractivity (Wildman–Crippen MR) is 75.5 cm³/mol. The summed E-state index contributed by atoms with van der Waals surface area (Å²) in [5.74, 6) is 0.0373. The highest BCUT2D eigenvalue weighted by atomic mass is 16.5. The van der Waals surface area contributed by atoms with Crippen LogP contribution in [0.1, 0.15) is 19.8 Å². The number of hydrogen-bond acceptors (Lipinski definition) is 4. The molecular formula is C15H19NO5. The normalized spacial score (nSPS) is 17.6. The zero-order chi connectivity index (χ0) is 15.2.